The lowest BCUT2D eigenvalue weighted by molar-refractivity contribution is -0.144. The number of ether oxygens (including phenoxy) is 1. The van der Waals surface area contributed by atoms with Crippen LogP contribution < -0.4 is 4.74 Å². The largest absolute Gasteiger partial charge is 0.493 e. The molecule has 130 valence electrons. The van der Waals surface area contributed by atoms with E-state index >= 15 is 0 Å². The van der Waals surface area contributed by atoms with E-state index in [4.69, 9.17) is 9.84 Å². The molecule has 5 heteroatoms. The van der Waals surface area contributed by atoms with E-state index in [1.807, 2.05) is 48.5 Å². The van der Waals surface area contributed by atoms with Crippen molar-refractivity contribution >= 4 is 11.9 Å². The molecule has 0 atom stereocenters. The molecule has 2 aromatic rings. The van der Waals surface area contributed by atoms with Crippen LogP contribution in [0.2, 0.25) is 0 Å². The van der Waals surface area contributed by atoms with E-state index in [1.54, 1.807) is 0 Å². The third-order valence-electron chi connectivity index (χ3n) is 4.30. The van der Waals surface area contributed by atoms with E-state index < -0.39 is 5.97 Å². The van der Waals surface area contributed by atoms with Gasteiger partial charge in [-0.15, -0.1) is 0 Å². The van der Waals surface area contributed by atoms with E-state index in [2.05, 4.69) is 0 Å². The lowest BCUT2D eigenvalue weighted by Crippen LogP contribution is -2.38. The van der Waals surface area contributed by atoms with Gasteiger partial charge in [0, 0.05) is 13.0 Å². The summed E-state index contributed by atoms with van der Waals surface area (Å²) in [6.45, 7) is 0.790. The molecular formula is C20H21NO4. The molecule has 1 amide bonds. The first-order chi connectivity index (χ1) is 12.1. The van der Waals surface area contributed by atoms with Gasteiger partial charge in [-0.05, 0) is 29.2 Å². The molecule has 0 unspecified atom stereocenters. The van der Waals surface area contributed by atoms with Crippen LogP contribution in [0.15, 0.2) is 48.5 Å². The monoisotopic (exact) mass is 339 g/mol. The van der Waals surface area contributed by atoms with Crippen LogP contribution in [0.3, 0.4) is 0 Å². The number of hydrogen-bond acceptors (Lipinski definition) is 3. The fourth-order valence-electron chi connectivity index (χ4n) is 3.00. The summed E-state index contributed by atoms with van der Waals surface area (Å²) in [5.41, 5.74) is 3.09. The Morgan fingerprint density at radius 2 is 1.88 bits per heavy atom. The van der Waals surface area contributed by atoms with Gasteiger partial charge >= 0.3 is 5.97 Å². The van der Waals surface area contributed by atoms with Crippen LogP contribution in [0.25, 0.3) is 0 Å². The zero-order valence-electron chi connectivity index (χ0n) is 14.0. The van der Waals surface area contributed by atoms with Gasteiger partial charge in [0.2, 0.25) is 5.91 Å². The van der Waals surface area contributed by atoms with E-state index in [1.165, 1.54) is 4.90 Å². The van der Waals surface area contributed by atoms with Crippen molar-refractivity contribution in [2.75, 3.05) is 19.7 Å². The minimum Gasteiger partial charge on any atom is -0.493 e. The highest BCUT2D eigenvalue weighted by Gasteiger charge is 2.19. The van der Waals surface area contributed by atoms with Gasteiger partial charge in [-0.1, -0.05) is 42.5 Å². The van der Waals surface area contributed by atoms with Crippen LogP contribution in [-0.4, -0.2) is 41.6 Å². The Labute approximate surface area is 146 Å². The number of amides is 1. The van der Waals surface area contributed by atoms with E-state index in [-0.39, 0.29) is 18.9 Å². The standard InChI is InChI=1S/C20H21NO4/c22-19(13-16-6-7-18-17(12-16)9-11-25-18)21(14-20(23)24)10-8-15-4-2-1-3-5-15/h1-7,12H,8-11,13-14H2,(H,23,24). The number of carboxylic acid groups (broad SMARTS) is 1. The van der Waals surface area contributed by atoms with Gasteiger partial charge in [0.15, 0.2) is 0 Å². The molecule has 2 aromatic carbocycles. The highest BCUT2D eigenvalue weighted by molar-refractivity contribution is 5.83. The Kier molecular flexibility index (Phi) is 5.33. The summed E-state index contributed by atoms with van der Waals surface area (Å²) in [6.07, 6.45) is 1.69. The molecule has 0 fully saturated rings. The first-order valence-corrected chi connectivity index (χ1v) is 8.40. The Hall–Kier alpha value is -2.82. The van der Waals surface area contributed by atoms with Crippen molar-refractivity contribution < 1.29 is 19.4 Å². The zero-order chi connectivity index (χ0) is 17.6. The Bertz CT molecular complexity index is 758. The molecule has 1 aliphatic rings. The highest BCUT2D eigenvalue weighted by Crippen LogP contribution is 2.26. The van der Waals surface area contributed by atoms with Crippen LogP contribution >= 0.6 is 0 Å². The van der Waals surface area contributed by atoms with Crippen LogP contribution in [0.4, 0.5) is 0 Å². The summed E-state index contributed by atoms with van der Waals surface area (Å²) >= 11 is 0. The van der Waals surface area contributed by atoms with Gasteiger partial charge in [-0.25, -0.2) is 0 Å². The number of hydrogen-bond donors (Lipinski definition) is 1. The van der Waals surface area contributed by atoms with Crippen molar-refractivity contribution in [1.29, 1.82) is 0 Å². The van der Waals surface area contributed by atoms with Crippen molar-refractivity contribution in [3.05, 3.63) is 65.2 Å². The Morgan fingerprint density at radius 1 is 1.08 bits per heavy atom. The average Bonchev–Trinajstić information content (AvgIpc) is 3.07. The predicted molar refractivity (Wildman–Crippen MR) is 93.7 cm³/mol. The van der Waals surface area contributed by atoms with Crippen molar-refractivity contribution in [2.24, 2.45) is 0 Å². The molecule has 0 radical (unpaired) electrons. The third-order valence-corrected chi connectivity index (χ3v) is 4.30. The topological polar surface area (TPSA) is 66.8 Å². The van der Waals surface area contributed by atoms with Gasteiger partial charge in [-0.2, -0.15) is 0 Å². The van der Waals surface area contributed by atoms with E-state index in [9.17, 15) is 9.59 Å². The maximum Gasteiger partial charge on any atom is 0.323 e. The second-order valence-corrected chi connectivity index (χ2v) is 6.16. The molecule has 0 aromatic heterocycles. The predicted octanol–water partition coefficient (Wildman–Crippen LogP) is 2.32. The lowest BCUT2D eigenvalue weighted by Gasteiger charge is -2.21. The third kappa shape index (κ3) is 4.59. The fourth-order valence-corrected chi connectivity index (χ4v) is 3.00. The van der Waals surface area contributed by atoms with Crippen LogP contribution in [0.5, 0.6) is 5.75 Å². The molecular weight excluding hydrogens is 318 g/mol. The summed E-state index contributed by atoms with van der Waals surface area (Å²) in [6, 6.07) is 15.5. The second-order valence-electron chi connectivity index (χ2n) is 6.16. The maximum absolute atomic E-state index is 12.6. The number of aliphatic carboxylic acids is 1. The van der Waals surface area contributed by atoms with E-state index in [0.29, 0.717) is 19.6 Å². The normalized spacial score (nSPS) is 12.3. The van der Waals surface area contributed by atoms with Crippen molar-refractivity contribution in [1.82, 2.24) is 4.90 Å². The molecule has 1 N–H and O–H groups in total. The lowest BCUT2D eigenvalue weighted by atomic mass is 10.1. The molecule has 1 heterocycles. The number of carbonyl (C=O) groups is 2. The Morgan fingerprint density at radius 3 is 2.64 bits per heavy atom. The molecule has 0 saturated heterocycles. The van der Waals surface area contributed by atoms with Gasteiger partial charge < -0.3 is 14.7 Å². The quantitative estimate of drug-likeness (QED) is 0.841. The summed E-state index contributed by atoms with van der Waals surface area (Å²) in [4.78, 5) is 25.1. The first kappa shape index (κ1) is 17.0. The molecule has 25 heavy (non-hydrogen) atoms. The number of rotatable bonds is 7. The fraction of sp³-hybridized carbons (Fsp3) is 0.300. The van der Waals surface area contributed by atoms with Crippen molar-refractivity contribution in [3.8, 4) is 5.75 Å². The van der Waals surface area contributed by atoms with Gasteiger partial charge in [0.05, 0.1) is 13.0 Å². The SMILES string of the molecule is O=C(O)CN(CCc1ccccc1)C(=O)Cc1ccc2c(c1)CCO2. The summed E-state index contributed by atoms with van der Waals surface area (Å²) in [5, 5.41) is 9.11. The van der Waals surface area contributed by atoms with Crippen molar-refractivity contribution in [3.63, 3.8) is 0 Å². The average molecular weight is 339 g/mol. The molecule has 3 rings (SSSR count). The number of carboxylic acids is 1. The zero-order valence-corrected chi connectivity index (χ0v) is 14.0. The second kappa shape index (κ2) is 7.83. The van der Waals surface area contributed by atoms with Gasteiger partial charge in [0.25, 0.3) is 0 Å². The molecule has 1 aliphatic heterocycles. The van der Waals surface area contributed by atoms with E-state index in [0.717, 1.165) is 28.9 Å². The summed E-state index contributed by atoms with van der Waals surface area (Å²) in [7, 11) is 0. The number of fused-ring (bicyclic) bond motifs is 1. The highest BCUT2D eigenvalue weighted by atomic mass is 16.5. The maximum atomic E-state index is 12.6. The number of carbonyl (C=O) groups excluding carboxylic acids is 1. The summed E-state index contributed by atoms with van der Waals surface area (Å²) < 4.78 is 5.47. The van der Waals surface area contributed by atoms with Crippen LogP contribution in [0, 0.1) is 0 Å². The molecule has 5 nitrogen and oxygen atoms in total. The Balaban J connectivity index is 1.65. The number of nitrogens with zero attached hydrogens (tertiary/aromatic N) is 1. The van der Waals surface area contributed by atoms with Crippen molar-refractivity contribution in [2.45, 2.75) is 19.3 Å². The molecule has 0 bridgehead atoms. The molecule has 0 saturated carbocycles. The van der Waals surface area contributed by atoms with Gasteiger partial charge in [0.1, 0.15) is 12.3 Å². The molecule has 0 aliphatic carbocycles. The smallest absolute Gasteiger partial charge is 0.323 e. The van der Waals surface area contributed by atoms with Gasteiger partial charge in [-0.3, -0.25) is 9.59 Å². The van der Waals surface area contributed by atoms with Crippen LogP contribution in [-0.2, 0) is 28.9 Å². The number of benzene rings is 2. The summed E-state index contributed by atoms with van der Waals surface area (Å²) in [5.74, 6) is -0.288. The molecule has 0 spiro atoms. The minimum absolute atomic E-state index is 0.169. The minimum atomic E-state index is -0.997. The first-order valence-electron chi connectivity index (χ1n) is 8.40. The van der Waals surface area contributed by atoms with Crippen LogP contribution in [0.1, 0.15) is 16.7 Å².